The molecular formula is C15H16N4OS3. The predicted molar refractivity (Wildman–Crippen MR) is 95.5 cm³/mol. The number of para-hydroxylation sites is 1. The third kappa shape index (κ3) is 4.64. The van der Waals surface area contributed by atoms with E-state index < -0.39 is 0 Å². The first kappa shape index (κ1) is 17.7. The van der Waals surface area contributed by atoms with E-state index in [4.69, 9.17) is 17.5 Å². The molecule has 0 saturated heterocycles. The van der Waals surface area contributed by atoms with Crippen LogP contribution in [0.4, 0.5) is 0 Å². The predicted octanol–water partition coefficient (Wildman–Crippen LogP) is 3.52. The molecule has 1 aromatic heterocycles. The molecule has 0 bridgehead atoms. The Morgan fingerprint density at radius 1 is 1.52 bits per heavy atom. The summed E-state index contributed by atoms with van der Waals surface area (Å²) in [5.41, 5.74) is 0.908. The molecule has 1 aromatic carbocycles. The molecule has 0 unspecified atom stereocenters. The van der Waals surface area contributed by atoms with Gasteiger partial charge >= 0.3 is 0 Å². The average molecular weight is 365 g/mol. The molecule has 1 heterocycles. The number of nitrogens with zero attached hydrogens (tertiary/aromatic N) is 4. The van der Waals surface area contributed by atoms with E-state index >= 15 is 0 Å². The quantitative estimate of drug-likeness (QED) is 0.580. The second-order valence-corrected chi connectivity index (χ2v) is 8.02. The van der Waals surface area contributed by atoms with Crippen molar-refractivity contribution in [2.24, 2.45) is 0 Å². The zero-order valence-corrected chi connectivity index (χ0v) is 15.2. The maximum atomic E-state index is 12.3. The van der Waals surface area contributed by atoms with Gasteiger partial charge in [0, 0.05) is 13.6 Å². The number of nitriles is 1. The summed E-state index contributed by atoms with van der Waals surface area (Å²) in [5.74, 6) is -0.0161. The monoisotopic (exact) mass is 364 g/mol. The van der Waals surface area contributed by atoms with Crippen molar-refractivity contribution in [2.45, 2.75) is 22.9 Å². The zero-order valence-electron chi connectivity index (χ0n) is 12.8. The van der Waals surface area contributed by atoms with E-state index in [0.717, 1.165) is 10.0 Å². The Morgan fingerprint density at radius 2 is 2.22 bits per heavy atom. The van der Waals surface area contributed by atoms with Crippen molar-refractivity contribution in [1.29, 1.82) is 5.26 Å². The van der Waals surface area contributed by atoms with E-state index in [9.17, 15) is 4.79 Å². The van der Waals surface area contributed by atoms with Crippen LogP contribution in [0.2, 0.25) is 0 Å². The number of benzene rings is 1. The third-order valence-electron chi connectivity index (χ3n) is 3.09. The number of rotatable bonds is 6. The van der Waals surface area contributed by atoms with Crippen LogP contribution in [-0.2, 0) is 4.79 Å². The van der Waals surface area contributed by atoms with Crippen LogP contribution in [0.25, 0.3) is 5.69 Å². The van der Waals surface area contributed by atoms with Gasteiger partial charge in [-0.3, -0.25) is 4.79 Å². The standard InChI is InChI=1S/C15H16N4OS3/c1-11(13(20)18(2)10-6-9-16)22-14-17-19(15(21)23-14)12-7-4-3-5-8-12/h3-5,7-8,11H,6,10H2,1-2H3/t11-/m1/s1. The fourth-order valence-corrected chi connectivity index (χ4v) is 4.50. The lowest BCUT2D eigenvalue weighted by atomic mass is 10.3. The number of carbonyl (C=O) groups is 1. The first-order valence-corrected chi connectivity index (χ1v) is 9.07. The summed E-state index contributed by atoms with van der Waals surface area (Å²) >= 11 is 8.14. The number of hydrogen-bond donors (Lipinski definition) is 0. The van der Waals surface area contributed by atoms with Gasteiger partial charge in [-0.25, -0.2) is 4.68 Å². The first-order chi connectivity index (χ1) is 11.0. The lowest BCUT2D eigenvalue weighted by Gasteiger charge is -2.19. The SMILES string of the molecule is C[C@@H](Sc1nn(-c2ccccc2)c(=S)s1)C(=O)N(C)CCC#N. The van der Waals surface area contributed by atoms with Gasteiger partial charge in [-0.05, 0) is 31.3 Å². The Balaban J connectivity index is 2.08. The van der Waals surface area contributed by atoms with Gasteiger partial charge in [0.05, 0.1) is 23.4 Å². The minimum atomic E-state index is -0.275. The Morgan fingerprint density at radius 3 is 2.87 bits per heavy atom. The number of amides is 1. The second kappa shape index (κ2) is 8.24. The summed E-state index contributed by atoms with van der Waals surface area (Å²) in [7, 11) is 1.71. The van der Waals surface area contributed by atoms with Gasteiger partial charge in [0.1, 0.15) is 0 Å². The van der Waals surface area contributed by atoms with Crippen LogP contribution in [0.1, 0.15) is 13.3 Å². The van der Waals surface area contributed by atoms with Crippen molar-refractivity contribution >= 4 is 41.2 Å². The fraction of sp³-hybridized carbons (Fsp3) is 0.333. The summed E-state index contributed by atoms with van der Waals surface area (Å²) in [4.78, 5) is 13.8. The molecule has 2 aromatic rings. The minimum Gasteiger partial charge on any atom is -0.344 e. The normalized spacial score (nSPS) is 11.7. The molecule has 8 heteroatoms. The number of hydrogen-bond acceptors (Lipinski definition) is 6. The molecule has 0 aliphatic rings. The molecule has 0 aliphatic carbocycles. The lowest BCUT2D eigenvalue weighted by molar-refractivity contribution is -0.128. The smallest absolute Gasteiger partial charge is 0.235 e. The molecule has 5 nitrogen and oxygen atoms in total. The van der Waals surface area contributed by atoms with Crippen molar-refractivity contribution in [2.75, 3.05) is 13.6 Å². The first-order valence-electron chi connectivity index (χ1n) is 6.97. The Bertz CT molecular complexity index is 763. The number of aromatic nitrogens is 2. The highest BCUT2D eigenvalue weighted by Gasteiger charge is 2.20. The summed E-state index contributed by atoms with van der Waals surface area (Å²) in [6.45, 7) is 2.28. The van der Waals surface area contributed by atoms with E-state index in [1.54, 1.807) is 16.6 Å². The van der Waals surface area contributed by atoms with Crippen LogP contribution >= 0.6 is 35.3 Å². The Labute approximate surface area is 148 Å². The van der Waals surface area contributed by atoms with Crippen LogP contribution in [0.3, 0.4) is 0 Å². The topological polar surface area (TPSA) is 61.9 Å². The van der Waals surface area contributed by atoms with Gasteiger partial charge in [-0.2, -0.15) is 5.26 Å². The largest absolute Gasteiger partial charge is 0.344 e. The van der Waals surface area contributed by atoms with E-state index in [-0.39, 0.29) is 11.2 Å². The van der Waals surface area contributed by atoms with Crippen LogP contribution in [0.15, 0.2) is 34.7 Å². The molecule has 1 amide bonds. The van der Waals surface area contributed by atoms with E-state index in [1.165, 1.54) is 23.1 Å². The average Bonchev–Trinajstić information content (AvgIpc) is 2.92. The summed E-state index contributed by atoms with van der Waals surface area (Å²) in [6.07, 6.45) is 0.335. The Kier molecular flexibility index (Phi) is 6.33. The molecule has 0 N–H and O–H groups in total. The lowest BCUT2D eigenvalue weighted by Crippen LogP contribution is -2.33. The zero-order chi connectivity index (χ0) is 16.8. The van der Waals surface area contributed by atoms with Gasteiger partial charge in [0.25, 0.3) is 0 Å². The van der Waals surface area contributed by atoms with Crippen LogP contribution in [0.5, 0.6) is 0 Å². The van der Waals surface area contributed by atoms with Gasteiger partial charge in [-0.15, -0.1) is 5.10 Å². The van der Waals surface area contributed by atoms with Crippen molar-refractivity contribution in [1.82, 2.24) is 14.7 Å². The molecular weight excluding hydrogens is 348 g/mol. The minimum absolute atomic E-state index is 0.0161. The maximum absolute atomic E-state index is 12.3. The molecule has 0 aliphatic heterocycles. The molecule has 120 valence electrons. The van der Waals surface area contributed by atoms with Gasteiger partial charge in [-0.1, -0.05) is 41.3 Å². The van der Waals surface area contributed by atoms with E-state index in [0.29, 0.717) is 16.9 Å². The van der Waals surface area contributed by atoms with Crippen LogP contribution in [-0.4, -0.2) is 39.4 Å². The van der Waals surface area contributed by atoms with Crippen molar-refractivity contribution < 1.29 is 4.79 Å². The molecule has 0 spiro atoms. The number of carbonyl (C=O) groups excluding carboxylic acids is 1. The number of thioether (sulfide) groups is 1. The highest BCUT2D eigenvalue weighted by atomic mass is 32.2. The van der Waals surface area contributed by atoms with Crippen LogP contribution < -0.4 is 0 Å². The highest BCUT2D eigenvalue weighted by Crippen LogP contribution is 2.28. The second-order valence-electron chi connectivity index (χ2n) is 4.81. The summed E-state index contributed by atoms with van der Waals surface area (Å²) in [5, 5.41) is 12.8. The van der Waals surface area contributed by atoms with E-state index in [2.05, 4.69) is 5.10 Å². The molecule has 2 rings (SSSR count). The van der Waals surface area contributed by atoms with Gasteiger partial charge in [0.15, 0.2) is 8.29 Å². The van der Waals surface area contributed by atoms with E-state index in [1.807, 2.05) is 43.3 Å². The van der Waals surface area contributed by atoms with Crippen LogP contribution in [0, 0.1) is 15.3 Å². The third-order valence-corrected chi connectivity index (χ3v) is 5.49. The van der Waals surface area contributed by atoms with Gasteiger partial charge < -0.3 is 4.90 Å². The molecule has 23 heavy (non-hydrogen) atoms. The molecule has 0 saturated carbocycles. The summed E-state index contributed by atoms with van der Waals surface area (Å²) in [6, 6.07) is 11.7. The maximum Gasteiger partial charge on any atom is 0.235 e. The van der Waals surface area contributed by atoms with Crippen molar-refractivity contribution in [3.8, 4) is 11.8 Å². The Hall–Kier alpha value is -1.69. The fourth-order valence-electron chi connectivity index (χ4n) is 1.88. The molecule has 0 radical (unpaired) electrons. The van der Waals surface area contributed by atoms with Gasteiger partial charge in [0.2, 0.25) is 5.91 Å². The molecule has 1 atom stereocenters. The highest BCUT2D eigenvalue weighted by molar-refractivity contribution is 8.02. The van der Waals surface area contributed by atoms with Crippen molar-refractivity contribution in [3.63, 3.8) is 0 Å². The molecule has 0 fully saturated rings. The summed E-state index contributed by atoms with van der Waals surface area (Å²) < 4.78 is 3.11. The van der Waals surface area contributed by atoms with Crippen molar-refractivity contribution in [3.05, 3.63) is 34.3 Å².